The topological polar surface area (TPSA) is 48.8 Å². The fourth-order valence-electron chi connectivity index (χ4n) is 0. The average molecular weight is 81.1 g/mol. The van der Waals surface area contributed by atoms with Crippen LogP contribution in [0.25, 0.3) is 10.4 Å². The van der Waals surface area contributed by atoms with Gasteiger partial charge in [-0.2, -0.15) is 0 Å². The van der Waals surface area contributed by atoms with E-state index in [9.17, 15) is 0 Å². The molecule has 0 aromatic rings. The maximum Gasteiger partial charge on any atom is 0.107 e. The summed E-state index contributed by atoms with van der Waals surface area (Å²) in [7, 11) is 0.598. The van der Waals surface area contributed by atoms with Gasteiger partial charge in [0.1, 0.15) is 10.4 Å². The van der Waals surface area contributed by atoms with E-state index in [1.807, 2.05) is 0 Å². The van der Waals surface area contributed by atoms with Crippen molar-refractivity contribution in [2.75, 3.05) is 0 Å². The monoisotopic (exact) mass is 81.0 g/mol. The van der Waals surface area contributed by atoms with Crippen molar-refractivity contribution >= 4 is 29.3 Å². The van der Waals surface area contributed by atoms with Gasteiger partial charge in [-0.05, 0) is 10.4 Å². The fourth-order valence-corrected chi connectivity index (χ4v) is 0. The summed E-state index contributed by atoms with van der Waals surface area (Å²) in [5.41, 5.74) is 7.37. The van der Waals surface area contributed by atoms with Crippen LogP contribution in [0.1, 0.15) is 0 Å². The quantitative estimate of drug-likeness (QED) is 0.154. The van der Waals surface area contributed by atoms with Gasteiger partial charge in [0, 0.05) is 0 Å². The minimum atomic E-state index is 0. The van der Waals surface area contributed by atoms with Crippen LogP contribution < -0.4 is 0 Å². The van der Waals surface area contributed by atoms with E-state index in [2.05, 4.69) is 9.69 Å². The van der Waals surface area contributed by atoms with Gasteiger partial charge in [-0.3, -0.25) is 0 Å². The van der Waals surface area contributed by atoms with E-state index in [1.54, 1.807) is 0 Å². The van der Waals surface area contributed by atoms with Crippen LogP contribution in [0.5, 0.6) is 0 Å². The molecular formula is H4LiN3Si. The molecule has 0 spiro atoms. The summed E-state index contributed by atoms with van der Waals surface area (Å²) >= 11 is 0. The minimum Gasteiger partial charge on any atom is -0.136 e. The molecule has 24 valence electrons. The Kier molecular flexibility index (Phi) is 15.9. The van der Waals surface area contributed by atoms with Crippen molar-refractivity contribution in [3.05, 3.63) is 10.4 Å². The Labute approximate surface area is 45.1 Å². The molecule has 5 heteroatoms. The molecule has 0 radical (unpaired) electrons. The Hall–Kier alpha value is 0.124. The largest absolute Gasteiger partial charge is 0.136 e. The van der Waals surface area contributed by atoms with Crippen molar-refractivity contribution in [3.8, 4) is 0 Å². The van der Waals surface area contributed by atoms with E-state index in [4.69, 9.17) is 5.53 Å². The molecule has 0 unspecified atom stereocenters. The summed E-state index contributed by atoms with van der Waals surface area (Å²) in [5.74, 6) is 0. The van der Waals surface area contributed by atoms with Crippen molar-refractivity contribution < 1.29 is 0 Å². The van der Waals surface area contributed by atoms with E-state index in [0.717, 1.165) is 0 Å². The molecule has 0 bridgehead atoms. The molecule has 0 atom stereocenters. The summed E-state index contributed by atoms with van der Waals surface area (Å²) in [6.45, 7) is 0. The van der Waals surface area contributed by atoms with Gasteiger partial charge in [-0.25, -0.2) is 0 Å². The van der Waals surface area contributed by atoms with Gasteiger partial charge in [0.05, 0.1) is 0 Å². The molecule has 5 heavy (non-hydrogen) atoms. The van der Waals surface area contributed by atoms with Gasteiger partial charge in [-0.1, -0.05) is 0 Å². The first kappa shape index (κ1) is 8.93. The first-order chi connectivity index (χ1) is 1.91. The second kappa shape index (κ2) is 8.92. The van der Waals surface area contributed by atoms with E-state index in [0.29, 0.717) is 10.4 Å². The molecule has 0 fully saturated rings. The standard InChI is InChI=1S/Li.H3N3Si.H/c;1-2-3-4;/h;4H3;. The van der Waals surface area contributed by atoms with Crippen LogP contribution in [-0.4, -0.2) is 29.3 Å². The Morgan fingerprint density at radius 2 is 2.00 bits per heavy atom. The molecule has 0 N–H and O–H groups in total. The summed E-state index contributed by atoms with van der Waals surface area (Å²) in [6, 6.07) is 0. The summed E-state index contributed by atoms with van der Waals surface area (Å²) in [4.78, 5) is 2.42. The molecule has 0 aliphatic rings. The predicted octanol–water partition coefficient (Wildman–Crippen LogP) is -1.07. The number of azide groups is 1. The molecule has 3 nitrogen and oxygen atoms in total. The molecular weight excluding hydrogens is 77.0 g/mol. The third kappa shape index (κ3) is 14.7. The van der Waals surface area contributed by atoms with E-state index >= 15 is 0 Å². The average Bonchev–Trinajstić information content (AvgIpc) is 1.37. The molecule has 0 heterocycles. The number of hydrogen-bond acceptors (Lipinski definition) is 1. The SMILES string of the molecule is [LiH].[N-]=[N+]=N[SiH3]. The summed E-state index contributed by atoms with van der Waals surface area (Å²) < 4.78 is 3.06. The fraction of sp³-hybridized carbons (Fsp3) is 0. The molecule has 0 saturated heterocycles. The van der Waals surface area contributed by atoms with Crippen LogP contribution in [-0.2, 0) is 0 Å². The predicted molar refractivity (Wildman–Crippen MR) is 26.2 cm³/mol. The Morgan fingerprint density at radius 1 is 1.80 bits per heavy atom. The Morgan fingerprint density at radius 3 is 2.00 bits per heavy atom. The van der Waals surface area contributed by atoms with Gasteiger partial charge in [-0.15, -0.1) is 4.78 Å². The van der Waals surface area contributed by atoms with Gasteiger partial charge in [0.2, 0.25) is 0 Å². The van der Waals surface area contributed by atoms with Crippen LogP contribution in [0.15, 0.2) is 4.78 Å². The van der Waals surface area contributed by atoms with Crippen LogP contribution >= 0.6 is 0 Å². The Bertz CT molecular complexity index is 44.9. The second-order valence-electron chi connectivity index (χ2n) is 0.289. The van der Waals surface area contributed by atoms with Crippen LogP contribution in [0.4, 0.5) is 0 Å². The zero-order valence-electron chi connectivity index (χ0n) is 2.34. The molecule has 0 saturated carbocycles. The van der Waals surface area contributed by atoms with Crippen LogP contribution in [0.2, 0.25) is 0 Å². The number of rotatable bonds is 0. The molecule has 0 rings (SSSR count). The van der Waals surface area contributed by atoms with Crippen molar-refractivity contribution in [2.45, 2.75) is 0 Å². The molecule has 0 aliphatic heterocycles. The van der Waals surface area contributed by atoms with Gasteiger partial charge in [0.15, 0.2) is 0 Å². The zero-order chi connectivity index (χ0) is 3.41. The van der Waals surface area contributed by atoms with Crippen molar-refractivity contribution in [3.63, 3.8) is 0 Å². The third-order valence-corrected chi connectivity index (χ3v) is 0.268. The van der Waals surface area contributed by atoms with Crippen LogP contribution in [0.3, 0.4) is 0 Å². The van der Waals surface area contributed by atoms with Crippen molar-refractivity contribution in [2.24, 2.45) is 4.78 Å². The smallest absolute Gasteiger partial charge is 0.107 e. The maximum absolute atomic E-state index is 7.37. The van der Waals surface area contributed by atoms with Crippen molar-refractivity contribution in [1.29, 1.82) is 0 Å². The van der Waals surface area contributed by atoms with Crippen molar-refractivity contribution in [1.82, 2.24) is 0 Å². The first-order valence-corrected chi connectivity index (χ1v) is 1.74. The molecule has 0 amide bonds. The Balaban J connectivity index is 0. The second-order valence-corrected chi connectivity index (χ2v) is 0.689. The molecule has 0 aromatic carbocycles. The number of nitrogens with zero attached hydrogens (tertiary/aromatic N) is 3. The van der Waals surface area contributed by atoms with Gasteiger partial charge < -0.3 is 0 Å². The minimum absolute atomic E-state index is 0. The number of hydrogen-bond donors (Lipinski definition) is 0. The van der Waals surface area contributed by atoms with E-state index in [-0.39, 0.29) is 18.9 Å². The van der Waals surface area contributed by atoms with Gasteiger partial charge >= 0.3 is 18.9 Å². The molecule has 0 aliphatic carbocycles. The van der Waals surface area contributed by atoms with Gasteiger partial charge in [0.25, 0.3) is 0 Å². The van der Waals surface area contributed by atoms with Crippen LogP contribution in [0, 0.1) is 0 Å². The van der Waals surface area contributed by atoms with E-state index in [1.165, 1.54) is 0 Å². The maximum atomic E-state index is 7.37. The third-order valence-electron chi connectivity index (χ3n) is 0.0894. The summed E-state index contributed by atoms with van der Waals surface area (Å²) in [5, 5.41) is 0. The molecule has 0 aromatic heterocycles. The van der Waals surface area contributed by atoms with E-state index < -0.39 is 0 Å². The zero-order valence-corrected chi connectivity index (χ0v) is 4.34. The first-order valence-electron chi connectivity index (χ1n) is 0.847. The normalized spacial score (nSPS) is 4.00. The summed E-state index contributed by atoms with van der Waals surface area (Å²) in [6.07, 6.45) is 0.